The third kappa shape index (κ3) is 4.17. The van der Waals surface area contributed by atoms with Crippen LogP contribution in [-0.2, 0) is 14.8 Å². The van der Waals surface area contributed by atoms with E-state index in [0.29, 0.717) is 23.3 Å². The number of fused-ring (bicyclic) bond motifs is 2. The van der Waals surface area contributed by atoms with Crippen LogP contribution < -0.4 is 14.4 Å². The number of hydrogen-bond donors (Lipinski definition) is 1. The van der Waals surface area contributed by atoms with Crippen molar-refractivity contribution in [1.29, 1.82) is 0 Å². The first-order valence-corrected chi connectivity index (χ1v) is 11.8. The minimum Gasteiger partial charge on any atom is -0.497 e. The van der Waals surface area contributed by atoms with Crippen molar-refractivity contribution in [3.8, 4) is 5.75 Å². The lowest BCUT2D eigenvalue weighted by Gasteiger charge is -2.27. The summed E-state index contributed by atoms with van der Waals surface area (Å²) in [6.45, 7) is 1.69. The fourth-order valence-electron chi connectivity index (χ4n) is 4.71. The van der Waals surface area contributed by atoms with E-state index < -0.39 is 10.0 Å². The minimum atomic E-state index is -3.91. The molecule has 2 saturated carbocycles. The second kappa shape index (κ2) is 8.30. The molecule has 30 heavy (non-hydrogen) atoms. The summed E-state index contributed by atoms with van der Waals surface area (Å²) in [4.78, 5) is 13.0. The maximum Gasteiger partial charge on any atom is 0.264 e. The number of hydrogen-bond acceptors (Lipinski definition) is 4. The number of rotatable bonds is 7. The number of aryl methyl sites for hydroxylation is 1. The highest BCUT2D eigenvalue weighted by Gasteiger charge is 2.40. The Kier molecular flexibility index (Phi) is 5.73. The summed E-state index contributed by atoms with van der Waals surface area (Å²) in [5.74, 6) is 1.55. The number of amides is 1. The van der Waals surface area contributed by atoms with E-state index in [-0.39, 0.29) is 23.4 Å². The molecule has 0 saturated heterocycles. The van der Waals surface area contributed by atoms with E-state index in [1.54, 1.807) is 24.3 Å². The Labute approximate surface area is 178 Å². The van der Waals surface area contributed by atoms with Gasteiger partial charge in [-0.25, -0.2) is 8.42 Å². The quantitative estimate of drug-likeness (QED) is 0.732. The zero-order valence-electron chi connectivity index (χ0n) is 17.4. The summed E-state index contributed by atoms with van der Waals surface area (Å²) in [5, 5.41) is 3.10. The summed E-state index contributed by atoms with van der Waals surface area (Å²) >= 11 is 0. The van der Waals surface area contributed by atoms with Crippen LogP contribution >= 0.6 is 0 Å². The van der Waals surface area contributed by atoms with Crippen molar-refractivity contribution in [2.24, 2.45) is 11.8 Å². The zero-order chi connectivity index (χ0) is 21.3. The maximum atomic E-state index is 13.4. The number of sulfonamides is 1. The van der Waals surface area contributed by atoms with Crippen molar-refractivity contribution >= 4 is 21.6 Å². The van der Waals surface area contributed by atoms with Gasteiger partial charge in [-0.05, 0) is 74.4 Å². The highest BCUT2D eigenvalue weighted by Crippen LogP contribution is 2.44. The lowest BCUT2D eigenvalue weighted by atomic mass is 9.95. The van der Waals surface area contributed by atoms with Crippen LogP contribution in [0.5, 0.6) is 5.75 Å². The molecule has 160 valence electrons. The van der Waals surface area contributed by atoms with Gasteiger partial charge in [0.05, 0.1) is 17.7 Å². The monoisotopic (exact) mass is 428 g/mol. The molecule has 6 nitrogen and oxygen atoms in total. The van der Waals surface area contributed by atoms with E-state index in [2.05, 4.69) is 5.32 Å². The van der Waals surface area contributed by atoms with Gasteiger partial charge in [-0.2, -0.15) is 0 Å². The first-order valence-electron chi connectivity index (χ1n) is 10.4. The van der Waals surface area contributed by atoms with Gasteiger partial charge in [0, 0.05) is 6.04 Å². The smallest absolute Gasteiger partial charge is 0.264 e. The van der Waals surface area contributed by atoms with Crippen LogP contribution in [0.15, 0.2) is 53.4 Å². The van der Waals surface area contributed by atoms with E-state index in [0.717, 1.165) is 18.4 Å². The molecule has 0 heterocycles. The van der Waals surface area contributed by atoms with Crippen molar-refractivity contribution in [2.45, 2.75) is 43.5 Å². The standard InChI is InChI=1S/C23H28N2O4S/c1-16-3-7-19(8-4-16)25(30(27,28)21-11-9-20(29-2)10-12-21)15-23(26)24-22-14-17-5-6-18(22)13-17/h3-4,7-12,17-18,22H,5-6,13-15H2,1-2H3,(H,24,26)/t17-,18-,22-/m1/s1. The number of carbonyl (C=O) groups excluding carboxylic acids is 1. The zero-order valence-corrected chi connectivity index (χ0v) is 18.2. The summed E-state index contributed by atoms with van der Waals surface area (Å²) in [7, 11) is -2.38. The Morgan fingerprint density at radius 2 is 1.77 bits per heavy atom. The molecule has 4 rings (SSSR count). The van der Waals surface area contributed by atoms with Gasteiger partial charge in [-0.3, -0.25) is 9.10 Å². The van der Waals surface area contributed by atoms with Gasteiger partial charge in [0.2, 0.25) is 5.91 Å². The molecule has 2 bridgehead atoms. The molecule has 0 spiro atoms. The molecule has 7 heteroatoms. The van der Waals surface area contributed by atoms with Crippen molar-refractivity contribution in [3.63, 3.8) is 0 Å². The summed E-state index contributed by atoms with van der Waals surface area (Å²) in [5.41, 5.74) is 1.49. The van der Waals surface area contributed by atoms with Crippen LogP contribution in [-0.4, -0.2) is 34.0 Å². The Balaban J connectivity index is 1.58. The molecule has 2 aliphatic carbocycles. The lowest BCUT2D eigenvalue weighted by molar-refractivity contribution is -0.120. The molecule has 2 aromatic carbocycles. The maximum absolute atomic E-state index is 13.4. The molecular formula is C23H28N2O4S. The molecule has 2 fully saturated rings. The van der Waals surface area contributed by atoms with Crippen molar-refractivity contribution in [2.75, 3.05) is 18.0 Å². The summed E-state index contributed by atoms with van der Waals surface area (Å²) < 4.78 is 33.2. The Morgan fingerprint density at radius 3 is 2.33 bits per heavy atom. The molecule has 0 aromatic heterocycles. The number of methoxy groups -OCH3 is 1. The fraction of sp³-hybridized carbons (Fsp3) is 0.435. The number of anilines is 1. The summed E-state index contributed by atoms with van der Waals surface area (Å²) in [6, 6.07) is 13.6. The van der Waals surface area contributed by atoms with Crippen LogP contribution in [0.4, 0.5) is 5.69 Å². The van der Waals surface area contributed by atoms with E-state index >= 15 is 0 Å². The first kappa shape index (κ1) is 20.7. The van der Waals surface area contributed by atoms with E-state index in [1.165, 1.54) is 36.4 Å². The average molecular weight is 429 g/mol. The third-order valence-corrected chi connectivity index (χ3v) is 8.13. The van der Waals surface area contributed by atoms with Gasteiger partial charge in [0.1, 0.15) is 12.3 Å². The molecule has 1 N–H and O–H groups in total. The molecule has 0 unspecified atom stereocenters. The van der Waals surface area contributed by atoms with E-state index in [4.69, 9.17) is 4.74 Å². The molecular weight excluding hydrogens is 400 g/mol. The average Bonchev–Trinajstić information content (AvgIpc) is 3.36. The van der Waals surface area contributed by atoms with Gasteiger partial charge < -0.3 is 10.1 Å². The number of carbonyl (C=O) groups is 1. The molecule has 1 amide bonds. The van der Waals surface area contributed by atoms with Gasteiger partial charge in [0.25, 0.3) is 10.0 Å². The normalized spacial score (nSPS) is 22.7. The van der Waals surface area contributed by atoms with Crippen LogP contribution in [0.2, 0.25) is 0 Å². The van der Waals surface area contributed by atoms with Gasteiger partial charge in [-0.1, -0.05) is 24.1 Å². The van der Waals surface area contributed by atoms with Gasteiger partial charge >= 0.3 is 0 Å². The fourth-order valence-corrected chi connectivity index (χ4v) is 6.13. The predicted molar refractivity (Wildman–Crippen MR) is 116 cm³/mol. The largest absolute Gasteiger partial charge is 0.497 e. The molecule has 2 aromatic rings. The van der Waals surface area contributed by atoms with Crippen LogP contribution in [0.1, 0.15) is 31.2 Å². The number of benzene rings is 2. The van der Waals surface area contributed by atoms with Crippen LogP contribution in [0.3, 0.4) is 0 Å². The Morgan fingerprint density at radius 1 is 1.07 bits per heavy atom. The second-order valence-electron chi connectivity index (χ2n) is 8.37. The van der Waals surface area contributed by atoms with Crippen molar-refractivity contribution in [1.82, 2.24) is 5.32 Å². The molecule has 3 atom stereocenters. The van der Waals surface area contributed by atoms with Crippen LogP contribution in [0, 0.1) is 18.8 Å². The second-order valence-corrected chi connectivity index (χ2v) is 10.2. The Hall–Kier alpha value is -2.54. The molecule has 0 radical (unpaired) electrons. The van der Waals surface area contributed by atoms with E-state index in [1.807, 2.05) is 19.1 Å². The van der Waals surface area contributed by atoms with E-state index in [9.17, 15) is 13.2 Å². The number of nitrogens with one attached hydrogen (secondary N) is 1. The Bertz CT molecular complexity index is 1000. The minimum absolute atomic E-state index is 0.122. The van der Waals surface area contributed by atoms with Crippen molar-refractivity contribution < 1.29 is 17.9 Å². The van der Waals surface area contributed by atoms with Gasteiger partial charge in [-0.15, -0.1) is 0 Å². The molecule has 0 aliphatic heterocycles. The highest BCUT2D eigenvalue weighted by molar-refractivity contribution is 7.92. The lowest BCUT2D eigenvalue weighted by Crippen LogP contribution is -2.46. The topological polar surface area (TPSA) is 75.7 Å². The third-order valence-electron chi connectivity index (χ3n) is 6.34. The first-order chi connectivity index (χ1) is 14.4. The van der Waals surface area contributed by atoms with Crippen molar-refractivity contribution in [3.05, 3.63) is 54.1 Å². The predicted octanol–water partition coefficient (Wildman–Crippen LogP) is 3.50. The number of ether oxygens (including phenoxy) is 1. The van der Waals surface area contributed by atoms with Gasteiger partial charge in [0.15, 0.2) is 0 Å². The molecule has 2 aliphatic rings. The SMILES string of the molecule is COc1ccc(S(=O)(=O)N(CC(=O)N[C@@H]2C[C@@H]3CC[C@@H]2C3)c2ccc(C)cc2)cc1. The number of nitrogens with zero attached hydrogens (tertiary/aromatic N) is 1. The summed E-state index contributed by atoms with van der Waals surface area (Å²) in [6.07, 6.45) is 4.59. The van der Waals surface area contributed by atoms with Crippen LogP contribution in [0.25, 0.3) is 0 Å². The highest BCUT2D eigenvalue weighted by atomic mass is 32.2.